The first kappa shape index (κ1) is 12.4. The van der Waals surface area contributed by atoms with Gasteiger partial charge in [-0.3, -0.25) is 4.79 Å². The number of hydrogen-bond donors (Lipinski definition) is 2. The van der Waals surface area contributed by atoms with Gasteiger partial charge in [-0.2, -0.15) is 0 Å². The fraction of sp³-hybridized carbons (Fsp3) is 0.889. The third-order valence-corrected chi connectivity index (χ3v) is 2.05. The van der Waals surface area contributed by atoms with Crippen molar-refractivity contribution >= 4 is 5.91 Å². The van der Waals surface area contributed by atoms with E-state index in [2.05, 4.69) is 6.92 Å². The first-order valence-electron chi connectivity index (χ1n) is 4.67. The predicted octanol–water partition coefficient (Wildman–Crippen LogP) is -0.0790. The van der Waals surface area contributed by atoms with E-state index in [0.717, 1.165) is 19.4 Å². The largest absolute Gasteiger partial charge is 0.368 e. The highest BCUT2D eigenvalue weighted by Gasteiger charge is 2.26. The van der Waals surface area contributed by atoms with Gasteiger partial charge in [0.2, 0.25) is 5.91 Å². The zero-order chi connectivity index (χ0) is 10.5. The zero-order valence-electron chi connectivity index (χ0n) is 8.84. The van der Waals surface area contributed by atoms with Crippen LogP contribution in [-0.4, -0.2) is 36.5 Å². The van der Waals surface area contributed by atoms with Gasteiger partial charge in [0.15, 0.2) is 0 Å². The number of rotatable bonds is 6. The smallest absolute Gasteiger partial charge is 0.238 e. The summed E-state index contributed by atoms with van der Waals surface area (Å²) in [7, 11) is 1.95. The molecular weight excluding hydrogens is 166 g/mol. The fourth-order valence-corrected chi connectivity index (χ4v) is 1.15. The Kier molecular flexibility index (Phi) is 4.95. The van der Waals surface area contributed by atoms with Crippen LogP contribution in [0.3, 0.4) is 0 Å². The lowest BCUT2D eigenvalue weighted by molar-refractivity contribution is -0.123. The summed E-state index contributed by atoms with van der Waals surface area (Å²) in [5.41, 5.74) is 9.96. The molecule has 0 heterocycles. The number of hydrogen-bond acceptors (Lipinski definition) is 3. The van der Waals surface area contributed by atoms with E-state index < -0.39 is 11.4 Å². The van der Waals surface area contributed by atoms with E-state index in [9.17, 15) is 4.79 Å². The summed E-state index contributed by atoms with van der Waals surface area (Å²) in [6.45, 7) is 5.26. The van der Waals surface area contributed by atoms with Gasteiger partial charge in [0.05, 0.1) is 0 Å². The highest BCUT2D eigenvalue weighted by molar-refractivity contribution is 5.84. The number of likely N-dealkylation sites (N-methyl/N-ethyl adjacent to an activating group) is 1. The van der Waals surface area contributed by atoms with Crippen LogP contribution in [0.1, 0.15) is 26.7 Å². The fourth-order valence-electron chi connectivity index (χ4n) is 1.15. The van der Waals surface area contributed by atoms with Crippen LogP contribution in [0.25, 0.3) is 0 Å². The summed E-state index contributed by atoms with van der Waals surface area (Å²) in [6, 6.07) is 0. The van der Waals surface area contributed by atoms with Crippen molar-refractivity contribution in [2.45, 2.75) is 32.2 Å². The minimum Gasteiger partial charge on any atom is -0.368 e. The van der Waals surface area contributed by atoms with Crippen LogP contribution in [0.4, 0.5) is 0 Å². The first-order valence-corrected chi connectivity index (χ1v) is 4.67. The Bertz CT molecular complexity index is 168. The van der Waals surface area contributed by atoms with E-state index in [1.54, 1.807) is 6.92 Å². The summed E-state index contributed by atoms with van der Waals surface area (Å²) in [5.74, 6) is -0.448. The molecule has 78 valence electrons. The topological polar surface area (TPSA) is 72.3 Å². The van der Waals surface area contributed by atoms with Crippen molar-refractivity contribution in [3.05, 3.63) is 0 Å². The first-order chi connectivity index (χ1) is 5.90. The van der Waals surface area contributed by atoms with Crippen LogP contribution in [0.2, 0.25) is 0 Å². The molecule has 0 saturated heterocycles. The van der Waals surface area contributed by atoms with Gasteiger partial charge in [0.1, 0.15) is 5.54 Å². The molecule has 1 unspecified atom stereocenters. The van der Waals surface area contributed by atoms with Crippen molar-refractivity contribution in [2.75, 3.05) is 20.1 Å². The third-order valence-electron chi connectivity index (χ3n) is 2.05. The highest BCUT2D eigenvalue weighted by atomic mass is 16.1. The Hall–Kier alpha value is -0.610. The maximum atomic E-state index is 10.9. The number of amides is 1. The molecule has 0 aromatic rings. The summed E-state index contributed by atoms with van der Waals surface area (Å²) < 4.78 is 0. The number of nitrogens with two attached hydrogens (primary N) is 2. The summed E-state index contributed by atoms with van der Waals surface area (Å²) in [5, 5.41) is 0. The molecule has 0 bridgehead atoms. The van der Waals surface area contributed by atoms with Gasteiger partial charge in [0, 0.05) is 6.54 Å². The van der Waals surface area contributed by atoms with Crippen molar-refractivity contribution in [1.29, 1.82) is 0 Å². The standard InChI is InChI=1S/C9H21N3O/c1-4-5-6-12(3)7-9(2,11)8(10)13/h4-7,11H2,1-3H3,(H2,10,13). The lowest BCUT2D eigenvalue weighted by Crippen LogP contribution is -2.56. The van der Waals surface area contributed by atoms with Crippen LogP contribution >= 0.6 is 0 Å². The van der Waals surface area contributed by atoms with Crippen molar-refractivity contribution in [1.82, 2.24) is 4.90 Å². The van der Waals surface area contributed by atoms with Crippen LogP contribution < -0.4 is 11.5 Å². The van der Waals surface area contributed by atoms with Crippen molar-refractivity contribution in [3.63, 3.8) is 0 Å². The van der Waals surface area contributed by atoms with Crippen molar-refractivity contribution in [3.8, 4) is 0 Å². The van der Waals surface area contributed by atoms with Crippen molar-refractivity contribution < 1.29 is 4.79 Å². The van der Waals surface area contributed by atoms with Gasteiger partial charge < -0.3 is 16.4 Å². The molecule has 0 aliphatic heterocycles. The normalized spacial score (nSPS) is 15.8. The molecule has 1 atom stereocenters. The lowest BCUT2D eigenvalue weighted by Gasteiger charge is -2.27. The van der Waals surface area contributed by atoms with Crippen LogP contribution in [0.5, 0.6) is 0 Å². The molecule has 0 aromatic carbocycles. The molecule has 0 spiro atoms. The quantitative estimate of drug-likeness (QED) is 0.611. The number of primary amides is 1. The number of carbonyl (C=O) groups is 1. The molecular formula is C9H21N3O. The minimum atomic E-state index is -0.914. The number of unbranched alkanes of at least 4 members (excludes halogenated alkanes) is 1. The average Bonchev–Trinajstić information content (AvgIpc) is 1.99. The maximum Gasteiger partial charge on any atom is 0.238 e. The molecule has 0 aromatic heterocycles. The van der Waals surface area contributed by atoms with E-state index in [1.165, 1.54) is 0 Å². The van der Waals surface area contributed by atoms with Gasteiger partial charge in [-0.25, -0.2) is 0 Å². The molecule has 13 heavy (non-hydrogen) atoms. The summed E-state index contributed by atoms with van der Waals surface area (Å²) in [6.07, 6.45) is 2.26. The molecule has 4 N–H and O–H groups in total. The molecule has 0 aliphatic carbocycles. The SMILES string of the molecule is CCCCN(C)CC(C)(N)C(N)=O. The minimum absolute atomic E-state index is 0.448. The van der Waals surface area contributed by atoms with E-state index in [1.807, 2.05) is 11.9 Å². The Balaban J connectivity index is 3.89. The maximum absolute atomic E-state index is 10.9. The third kappa shape index (κ3) is 4.85. The molecule has 4 nitrogen and oxygen atoms in total. The monoisotopic (exact) mass is 187 g/mol. The van der Waals surface area contributed by atoms with Crippen LogP contribution in [-0.2, 0) is 4.79 Å². The summed E-state index contributed by atoms with van der Waals surface area (Å²) in [4.78, 5) is 12.9. The Morgan fingerprint density at radius 2 is 2.08 bits per heavy atom. The Morgan fingerprint density at radius 3 is 2.46 bits per heavy atom. The Morgan fingerprint density at radius 1 is 1.54 bits per heavy atom. The highest BCUT2D eigenvalue weighted by Crippen LogP contribution is 2.01. The van der Waals surface area contributed by atoms with Crippen LogP contribution in [0, 0.1) is 0 Å². The second-order valence-corrected chi connectivity index (χ2v) is 3.87. The van der Waals surface area contributed by atoms with Crippen molar-refractivity contribution in [2.24, 2.45) is 11.5 Å². The van der Waals surface area contributed by atoms with E-state index in [-0.39, 0.29) is 0 Å². The number of nitrogens with zero attached hydrogens (tertiary/aromatic N) is 1. The zero-order valence-corrected chi connectivity index (χ0v) is 8.84. The van der Waals surface area contributed by atoms with Gasteiger partial charge >= 0.3 is 0 Å². The molecule has 1 amide bonds. The molecule has 0 saturated carbocycles. The lowest BCUT2D eigenvalue weighted by atomic mass is 10.0. The molecule has 4 heteroatoms. The van der Waals surface area contributed by atoms with Gasteiger partial charge in [-0.05, 0) is 26.9 Å². The van der Waals surface area contributed by atoms with Gasteiger partial charge in [0.25, 0.3) is 0 Å². The average molecular weight is 187 g/mol. The number of carbonyl (C=O) groups excluding carboxylic acids is 1. The van der Waals surface area contributed by atoms with E-state index in [0.29, 0.717) is 6.54 Å². The molecule has 0 fully saturated rings. The van der Waals surface area contributed by atoms with E-state index >= 15 is 0 Å². The predicted molar refractivity (Wildman–Crippen MR) is 54.2 cm³/mol. The van der Waals surface area contributed by atoms with Crippen LogP contribution in [0.15, 0.2) is 0 Å². The van der Waals surface area contributed by atoms with Gasteiger partial charge in [-0.15, -0.1) is 0 Å². The molecule has 0 aliphatic rings. The Labute approximate surface area is 80.3 Å². The second-order valence-electron chi connectivity index (χ2n) is 3.87. The second kappa shape index (κ2) is 5.19. The van der Waals surface area contributed by atoms with Gasteiger partial charge in [-0.1, -0.05) is 13.3 Å². The molecule has 0 radical (unpaired) electrons. The van der Waals surface area contributed by atoms with E-state index in [4.69, 9.17) is 11.5 Å². The molecule has 0 rings (SSSR count). The summed E-state index contributed by atoms with van der Waals surface area (Å²) >= 11 is 0.